The summed E-state index contributed by atoms with van der Waals surface area (Å²) < 4.78 is 5.25. The van der Waals surface area contributed by atoms with Crippen molar-refractivity contribution in [1.82, 2.24) is 0 Å². The number of carbonyl (C=O) groups is 2. The summed E-state index contributed by atoms with van der Waals surface area (Å²) in [4.78, 5) is 24.3. The Morgan fingerprint density at radius 1 is 1.23 bits per heavy atom. The second-order valence-corrected chi connectivity index (χ2v) is 5.30. The third-order valence-corrected chi connectivity index (χ3v) is 3.79. The number of anilines is 1. The molecule has 1 heterocycles. The Morgan fingerprint density at radius 3 is 2.86 bits per heavy atom. The molecule has 1 aliphatic heterocycles. The van der Waals surface area contributed by atoms with Gasteiger partial charge in [-0.15, -0.1) is 0 Å². The van der Waals surface area contributed by atoms with Gasteiger partial charge in [0, 0.05) is 12.1 Å². The summed E-state index contributed by atoms with van der Waals surface area (Å²) in [5.74, 6) is -0.736. The summed E-state index contributed by atoms with van der Waals surface area (Å²) in [6.07, 6.45) is 0.518. The zero-order valence-corrected chi connectivity index (χ0v) is 12.3. The fourth-order valence-electron chi connectivity index (χ4n) is 2.57. The Labute approximate surface area is 129 Å². The van der Waals surface area contributed by atoms with Crippen molar-refractivity contribution in [1.29, 1.82) is 0 Å². The van der Waals surface area contributed by atoms with Gasteiger partial charge in [-0.3, -0.25) is 4.79 Å². The van der Waals surface area contributed by atoms with Crippen molar-refractivity contribution in [3.05, 3.63) is 65.2 Å². The van der Waals surface area contributed by atoms with Gasteiger partial charge < -0.3 is 10.1 Å². The Morgan fingerprint density at radius 2 is 2.05 bits per heavy atom. The average Bonchev–Trinajstić information content (AvgIpc) is 2.55. The highest BCUT2D eigenvalue weighted by Gasteiger charge is 2.30. The number of hydrogen-bond acceptors (Lipinski definition) is 3. The molecule has 2 aromatic rings. The van der Waals surface area contributed by atoms with Crippen LogP contribution in [-0.4, -0.2) is 18.0 Å². The van der Waals surface area contributed by atoms with E-state index in [-0.39, 0.29) is 5.91 Å². The number of nitrogens with one attached hydrogen (secondary N) is 1. The maximum atomic E-state index is 12.3. The molecule has 0 spiro atoms. The largest absolute Gasteiger partial charge is 0.448 e. The Bertz CT molecular complexity index is 724. The van der Waals surface area contributed by atoms with Gasteiger partial charge in [0.25, 0.3) is 5.91 Å². The number of fused-ring (bicyclic) bond motifs is 1. The summed E-state index contributed by atoms with van der Waals surface area (Å²) >= 11 is 0. The molecule has 4 nitrogen and oxygen atoms in total. The van der Waals surface area contributed by atoms with E-state index in [4.69, 9.17) is 4.74 Å². The van der Waals surface area contributed by atoms with Gasteiger partial charge in [0.15, 0.2) is 6.10 Å². The number of esters is 1. The first-order valence-corrected chi connectivity index (χ1v) is 7.36. The number of aryl methyl sites for hydroxylation is 1. The van der Waals surface area contributed by atoms with E-state index in [0.717, 1.165) is 23.2 Å². The molecule has 112 valence electrons. The summed E-state index contributed by atoms with van der Waals surface area (Å²) in [5.41, 5.74) is 3.25. The molecule has 0 saturated carbocycles. The van der Waals surface area contributed by atoms with Crippen LogP contribution in [0.15, 0.2) is 48.5 Å². The van der Waals surface area contributed by atoms with Gasteiger partial charge in [-0.2, -0.15) is 0 Å². The Hall–Kier alpha value is -2.62. The molecule has 4 heteroatoms. The van der Waals surface area contributed by atoms with Crippen molar-refractivity contribution in [2.45, 2.75) is 25.9 Å². The first-order valence-electron chi connectivity index (χ1n) is 7.36. The molecular formula is C18H17NO3. The molecule has 1 N–H and O–H groups in total. The molecule has 0 bridgehead atoms. The molecule has 0 aromatic heterocycles. The highest BCUT2D eigenvalue weighted by molar-refractivity contribution is 6.00. The van der Waals surface area contributed by atoms with Crippen molar-refractivity contribution in [3.63, 3.8) is 0 Å². The second-order valence-electron chi connectivity index (χ2n) is 5.30. The summed E-state index contributed by atoms with van der Waals surface area (Å²) in [5, 5.41) is 2.82. The number of carbonyl (C=O) groups excluding carboxylic acids is 2. The van der Waals surface area contributed by atoms with Gasteiger partial charge >= 0.3 is 5.97 Å². The molecule has 0 aliphatic carbocycles. The number of ether oxygens (including phenoxy) is 1. The van der Waals surface area contributed by atoms with Crippen molar-refractivity contribution in [3.8, 4) is 0 Å². The third-order valence-electron chi connectivity index (χ3n) is 3.79. The topological polar surface area (TPSA) is 55.4 Å². The maximum absolute atomic E-state index is 12.3. The molecular weight excluding hydrogens is 278 g/mol. The minimum absolute atomic E-state index is 0.295. The minimum Gasteiger partial charge on any atom is -0.448 e. The average molecular weight is 295 g/mol. The maximum Gasteiger partial charge on any atom is 0.339 e. The van der Waals surface area contributed by atoms with Crippen molar-refractivity contribution in [2.24, 2.45) is 0 Å². The van der Waals surface area contributed by atoms with E-state index >= 15 is 0 Å². The summed E-state index contributed by atoms with van der Waals surface area (Å²) in [6.45, 7) is 2.06. The van der Waals surface area contributed by atoms with Gasteiger partial charge in [0.1, 0.15) is 0 Å². The van der Waals surface area contributed by atoms with Gasteiger partial charge in [0.05, 0.1) is 5.56 Å². The van der Waals surface area contributed by atoms with Crippen LogP contribution in [0, 0.1) is 0 Å². The smallest absolute Gasteiger partial charge is 0.339 e. The predicted octanol–water partition coefficient (Wildman–Crippen LogP) is 2.97. The molecule has 3 rings (SSSR count). The van der Waals surface area contributed by atoms with Crippen molar-refractivity contribution >= 4 is 17.6 Å². The molecule has 22 heavy (non-hydrogen) atoms. The Kier molecular flexibility index (Phi) is 3.92. The monoisotopic (exact) mass is 295 g/mol. The Balaban J connectivity index is 1.75. The van der Waals surface area contributed by atoms with Gasteiger partial charge in [-0.1, -0.05) is 37.3 Å². The summed E-state index contributed by atoms with van der Waals surface area (Å²) in [7, 11) is 0. The fraction of sp³-hybridized carbons (Fsp3) is 0.222. The predicted molar refractivity (Wildman–Crippen MR) is 83.8 cm³/mol. The highest BCUT2D eigenvalue weighted by Crippen LogP contribution is 2.21. The van der Waals surface area contributed by atoms with Crippen LogP contribution in [0.1, 0.15) is 28.4 Å². The first kappa shape index (κ1) is 14.3. The lowest BCUT2D eigenvalue weighted by Crippen LogP contribution is -2.37. The second kappa shape index (κ2) is 6.02. The molecule has 0 unspecified atom stereocenters. The van der Waals surface area contributed by atoms with Crippen molar-refractivity contribution < 1.29 is 14.3 Å². The van der Waals surface area contributed by atoms with Gasteiger partial charge in [-0.25, -0.2) is 4.79 Å². The molecule has 0 fully saturated rings. The van der Waals surface area contributed by atoms with Gasteiger partial charge in [-0.05, 0) is 35.7 Å². The molecule has 0 saturated heterocycles. The van der Waals surface area contributed by atoms with E-state index in [1.54, 1.807) is 12.1 Å². The molecule has 1 aliphatic rings. The standard InChI is InChI=1S/C18H17NO3/c1-2-12-6-5-8-14(10-12)19-17(20)16-11-13-7-3-4-9-15(13)18(21)22-16/h3-10,16H,2,11H2,1H3,(H,19,20)/t16-/m1/s1. The number of benzene rings is 2. The molecule has 1 atom stereocenters. The SMILES string of the molecule is CCc1cccc(NC(=O)[C@H]2Cc3ccccc3C(=O)O2)c1. The number of rotatable bonds is 3. The minimum atomic E-state index is -0.785. The first-order chi connectivity index (χ1) is 10.7. The summed E-state index contributed by atoms with van der Waals surface area (Å²) in [6, 6.07) is 14.9. The van der Waals surface area contributed by atoms with E-state index in [1.165, 1.54) is 0 Å². The van der Waals surface area contributed by atoms with E-state index in [9.17, 15) is 9.59 Å². The zero-order chi connectivity index (χ0) is 15.5. The van der Waals surface area contributed by atoms with Crippen LogP contribution >= 0.6 is 0 Å². The van der Waals surface area contributed by atoms with Gasteiger partial charge in [0.2, 0.25) is 0 Å². The number of hydrogen-bond donors (Lipinski definition) is 1. The normalized spacial score (nSPS) is 16.6. The van der Waals surface area contributed by atoms with Crippen LogP contribution in [0.5, 0.6) is 0 Å². The van der Waals surface area contributed by atoms with Crippen LogP contribution < -0.4 is 5.32 Å². The van der Waals surface area contributed by atoms with Crippen LogP contribution in [0.25, 0.3) is 0 Å². The van der Waals surface area contributed by atoms with Crippen molar-refractivity contribution in [2.75, 3.05) is 5.32 Å². The molecule has 0 radical (unpaired) electrons. The van der Waals surface area contributed by atoms with Crippen LogP contribution in [0.2, 0.25) is 0 Å². The third kappa shape index (κ3) is 2.86. The van der Waals surface area contributed by atoms with E-state index in [0.29, 0.717) is 12.0 Å². The van der Waals surface area contributed by atoms with E-state index in [2.05, 4.69) is 12.2 Å². The zero-order valence-electron chi connectivity index (χ0n) is 12.3. The van der Waals surface area contributed by atoms with Crippen LogP contribution in [0.3, 0.4) is 0 Å². The quantitative estimate of drug-likeness (QED) is 0.886. The van der Waals surface area contributed by atoms with E-state index < -0.39 is 12.1 Å². The molecule has 1 amide bonds. The number of amides is 1. The van der Waals surface area contributed by atoms with Crippen LogP contribution in [-0.2, 0) is 22.4 Å². The fourth-order valence-corrected chi connectivity index (χ4v) is 2.57. The lowest BCUT2D eigenvalue weighted by atomic mass is 9.98. The van der Waals surface area contributed by atoms with E-state index in [1.807, 2.05) is 36.4 Å². The highest BCUT2D eigenvalue weighted by atomic mass is 16.5. The lowest BCUT2D eigenvalue weighted by molar-refractivity contribution is -0.125. The number of cyclic esters (lactones) is 1. The lowest BCUT2D eigenvalue weighted by Gasteiger charge is -2.23. The molecule has 2 aromatic carbocycles. The van der Waals surface area contributed by atoms with Crippen LogP contribution in [0.4, 0.5) is 5.69 Å².